The van der Waals surface area contributed by atoms with Crippen LogP contribution in [0.15, 0.2) is 18.2 Å². The SMILES string of the molecule is COc1cc(-c2nc(C3CCN(S(C)(=O)=O)CC3)cc(N3CCOC[C@H]3C)n2)c2c(n1)CC=C2. The van der Waals surface area contributed by atoms with E-state index in [-0.39, 0.29) is 12.0 Å². The van der Waals surface area contributed by atoms with Gasteiger partial charge < -0.3 is 14.4 Å². The third kappa shape index (κ3) is 4.54. The molecule has 0 N–H and O–H groups in total. The first-order valence-corrected chi connectivity index (χ1v) is 13.6. The van der Waals surface area contributed by atoms with Gasteiger partial charge >= 0.3 is 0 Å². The molecule has 0 amide bonds. The summed E-state index contributed by atoms with van der Waals surface area (Å²) in [5.41, 5.74) is 3.86. The van der Waals surface area contributed by atoms with Crippen LogP contribution in [0.25, 0.3) is 17.5 Å². The van der Waals surface area contributed by atoms with Crippen LogP contribution in [0, 0.1) is 0 Å². The molecule has 1 aliphatic carbocycles. The van der Waals surface area contributed by atoms with Crippen molar-refractivity contribution in [3.05, 3.63) is 35.2 Å². The Morgan fingerprint density at radius 1 is 1.12 bits per heavy atom. The van der Waals surface area contributed by atoms with E-state index in [4.69, 9.17) is 19.4 Å². The smallest absolute Gasteiger partial charge is 0.213 e. The molecule has 4 heterocycles. The van der Waals surface area contributed by atoms with Crippen molar-refractivity contribution in [3.63, 3.8) is 0 Å². The lowest BCUT2D eigenvalue weighted by atomic mass is 9.94. The number of hydrogen-bond donors (Lipinski definition) is 0. The van der Waals surface area contributed by atoms with Gasteiger partial charge in [-0.25, -0.2) is 27.7 Å². The Labute approximate surface area is 200 Å². The van der Waals surface area contributed by atoms with Crippen LogP contribution in [0.4, 0.5) is 5.82 Å². The van der Waals surface area contributed by atoms with Crippen LogP contribution < -0.4 is 9.64 Å². The molecule has 0 spiro atoms. The molecule has 10 heteroatoms. The molecule has 2 aromatic rings. The minimum atomic E-state index is -3.18. The zero-order valence-corrected chi connectivity index (χ0v) is 20.7. The standard InChI is InChI=1S/C24H31N5O4S/c1-16-15-33-12-11-29(16)22-14-21(17-7-9-28(10-8-17)34(3,30)31)26-24(27-22)19-13-23(32-2)25-20-6-4-5-18(19)20/h4-5,13-14,16-17H,6-12,15H2,1-3H3/t16-/m1/s1. The van der Waals surface area contributed by atoms with E-state index < -0.39 is 10.0 Å². The molecule has 1 atom stereocenters. The van der Waals surface area contributed by atoms with Crippen molar-refractivity contribution >= 4 is 21.9 Å². The molecule has 0 saturated carbocycles. The van der Waals surface area contributed by atoms with Crippen molar-refractivity contribution in [2.75, 3.05) is 51.1 Å². The largest absolute Gasteiger partial charge is 0.481 e. The molecule has 182 valence electrons. The fourth-order valence-electron chi connectivity index (χ4n) is 4.98. The van der Waals surface area contributed by atoms with Crippen molar-refractivity contribution in [1.29, 1.82) is 0 Å². The number of allylic oxidation sites excluding steroid dienone is 1. The number of piperidine rings is 1. The summed E-state index contributed by atoms with van der Waals surface area (Å²) in [5, 5.41) is 0. The number of nitrogens with zero attached hydrogens (tertiary/aromatic N) is 5. The monoisotopic (exact) mass is 485 g/mol. The second kappa shape index (κ2) is 9.24. The Kier molecular flexibility index (Phi) is 6.30. The molecule has 2 fully saturated rings. The summed E-state index contributed by atoms with van der Waals surface area (Å²) in [4.78, 5) is 16.9. The van der Waals surface area contributed by atoms with E-state index >= 15 is 0 Å². The van der Waals surface area contributed by atoms with Crippen LogP contribution in [0.5, 0.6) is 5.88 Å². The Balaban J connectivity index is 1.57. The van der Waals surface area contributed by atoms with Gasteiger partial charge in [-0.2, -0.15) is 0 Å². The van der Waals surface area contributed by atoms with Crippen molar-refractivity contribution < 1.29 is 17.9 Å². The van der Waals surface area contributed by atoms with Gasteiger partial charge in [0.15, 0.2) is 5.82 Å². The second-order valence-corrected chi connectivity index (χ2v) is 11.2. The summed E-state index contributed by atoms with van der Waals surface area (Å²) in [7, 11) is -1.56. The van der Waals surface area contributed by atoms with Gasteiger partial charge in [-0.1, -0.05) is 12.2 Å². The average molecular weight is 486 g/mol. The summed E-state index contributed by atoms with van der Waals surface area (Å²) in [6.07, 6.45) is 7.68. The number of morpholine rings is 1. The summed E-state index contributed by atoms with van der Waals surface area (Å²) in [5.74, 6) is 2.25. The minimum Gasteiger partial charge on any atom is -0.481 e. The fourth-order valence-corrected chi connectivity index (χ4v) is 5.86. The van der Waals surface area contributed by atoms with Crippen molar-refractivity contribution in [1.82, 2.24) is 19.3 Å². The van der Waals surface area contributed by atoms with E-state index in [0.29, 0.717) is 38.0 Å². The Bertz CT molecular complexity index is 1210. The lowest BCUT2D eigenvalue weighted by Crippen LogP contribution is -2.44. The van der Waals surface area contributed by atoms with Crippen molar-refractivity contribution in [2.24, 2.45) is 0 Å². The lowest BCUT2D eigenvalue weighted by molar-refractivity contribution is 0.0985. The first-order valence-electron chi connectivity index (χ1n) is 11.8. The number of rotatable bonds is 5. The molecular formula is C24H31N5O4S. The van der Waals surface area contributed by atoms with Crippen LogP contribution in [0.2, 0.25) is 0 Å². The number of hydrogen-bond acceptors (Lipinski definition) is 8. The van der Waals surface area contributed by atoms with E-state index in [1.807, 2.05) is 6.07 Å². The lowest BCUT2D eigenvalue weighted by Gasteiger charge is -2.35. The Morgan fingerprint density at radius 2 is 1.91 bits per heavy atom. The average Bonchev–Trinajstić information content (AvgIpc) is 3.31. The molecular weight excluding hydrogens is 454 g/mol. The number of anilines is 1. The minimum absolute atomic E-state index is 0.169. The van der Waals surface area contributed by atoms with E-state index in [0.717, 1.165) is 54.1 Å². The molecule has 2 aromatic heterocycles. The maximum Gasteiger partial charge on any atom is 0.213 e. The summed E-state index contributed by atoms with van der Waals surface area (Å²) >= 11 is 0. The number of fused-ring (bicyclic) bond motifs is 1. The quantitative estimate of drug-likeness (QED) is 0.637. The maximum atomic E-state index is 12.0. The molecule has 0 unspecified atom stereocenters. The van der Waals surface area contributed by atoms with Crippen LogP contribution >= 0.6 is 0 Å². The first kappa shape index (κ1) is 23.2. The van der Waals surface area contributed by atoms with Gasteiger partial charge in [0.05, 0.1) is 38.3 Å². The zero-order valence-electron chi connectivity index (χ0n) is 19.9. The van der Waals surface area contributed by atoms with Crippen molar-refractivity contribution in [2.45, 2.75) is 38.1 Å². The van der Waals surface area contributed by atoms with Gasteiger partial charge in [0.1, 0.15) is 5.82 Å². The number of pyridine rings is 1. The normalized spacial score (nSPS) is 21.6. The first-order chi connectivity index (χ1) is 16.3. The third-order valence-corrected chi connectivity index (χ3v) is 8.20. The molecule has 0 bridgehead atoms. The highest BCUT2D eigenvalue weighted by atomic mass is 32.2. The highest BCUT2D eigenvalue weighted by Crippen LogP contribution is 2.36. The van der Waals surface area contributed by atoms with Gasteiger partial charge in [0, 0.05) is 60.9 Å². The van der Waals surface area contributed by atoms with E-state index in [2.05, 4.69) is 35.0 Å². The van der Waals surface area contributed by atoms with Crippen LogP contribution in [0.3, 0.4) is 0 Å². The highest BCUT2D eigenvalue weighted by Gasteiger charge is 2.29. The van der Waals surface area contributed by atoms with Gasteiger partial charge in [-0.3, -0.25) is 0 Å². The van der Waals surface area contributed by atoms with Crippen LogP contribution in [-0.4, -0.2) is 79.9 Å². The van der Waals surface area contributed by atoms with E-state index in [1.54, 1.807) is 11.4 Å². The highest BCUT2D eigenvalue weighted by molar-refractivity contribution is 7.88. The van der Waals surface area contributed by atoms with E-state index in [9.17, 15) is 8.42 Å². The second-order valence-electron chi connectivity index (χ2n) is 9.21. The molecule has 2 saturated heterocycles. The maximum absolute atomic E-state index is 12.0. The zero-order chi connectivity index (χ0) is 23.9. The van der Waals surface area contributed by atoms with Gasteiger partial charge in [0.2, 0.25) is 15.9 Å². The molecule has 5 rings (SSSR count). The fraction of sp³-hybridized carbons (Fsp3) is 0.542. The summed E-state index contributed by atoms with van der Waals surface area (Å²) < 4.78 is 36.7. The molecule has 3 aliphatic rings. The van der Waals surface area contributed by atoms with Crippen LogP contribution in [0.1, 0.15) is 42.6 Å². The third-order valence-electron chi connectivity index (χ3n) is 6.90. The molecule has 9 nitrogen and oxygen atoms in total. The molecule has 34 heavy (non-hydrogen) atoms. The molecule has 0 aromatic carbocycles. The summed E-state index contributed by atoms with van der Waals surface area (Å²) in [6, 6.07) is 4.20. The van der Waals surface area contributed by atoms with Gasteiger partial charge in [0.25, 0.3) is 0 Å². The summed E-state index contributed by atoms with van der Waals surface area (Å²) in [6.45, 7) is 5.23. The number of sulfonamides is 1. The van der Waals surface area contributed by atoms with Gasteiger partial charge in [-0.15, -0.1) is 0 Å². The van der Waals surface area contributed by atoms with Gasteiger partial charge in [-0.05, 0) is 19.8 Å². The number of ether oxygens (including phenoxy) is 2. The Morgan fingerprint density at radius 3 is 2.62 bits per heavy atom. The predicted molar refractivity (Wildman–Crippen MR) is 131 cm³/mol. The van der Waals surface area contributed by atoms with Crippen molar-refractivity contribution in [3.8, 4) is 17.3 Å². The predicted octanol–water partition coefficient (Wildman–Crippen LogP) is 2.48. The topological polar surface area (TPSA) is 97.8 Å². The molecule has 2 aliphatic heterocycles. The van der Waals surface area contributed by atoms with E-state index in [1.165, 1.54) is 6.26 Å². The number of aromatic nitrogens is 3. The molecule has 0 radical (unpaired) electrons. The Hall–Kier alpha value is -2.56. The van der Waals surface area contributed by atoms with Crippen LogP contribution in [-0.2, 0) is 21.2 Å². The number of methoxy groups -OCH3 is 1.